The Labute approximate surface area is 87.5 Å². The summed E-state index contributed by atoms with van der Waals surface area (Å²) in [6, 6.07) is 0. The highest BCUT2D eigenvalue weighted by atomic mass is 16.5. The van der Waals surface area contributed by atoms with E-state index in [0.29, 0.717) is 31.3 Å². The number of likely N-dealkylation sites (tertiary alicyclic amines) is 1. The van der Waals surface area contributed by atoms with Crippen LogP contribution in [-0.2, 0) is 13.0 Å². The molecular formula is C9H15N3O3. The van der Waals surface area contributed by atoms with E-state index in [4.69, 9.17) is 4.52 Å². The minimum Gasteiger partial charge on any atom is -0.389 e. The van der Waals surface area contributed by atoms with Crippen molar-refractivity contribution in [2.45, 2.75) is 32.1 Å². The largest absolute Gasteiger partial charge is 0.389 e. The van der Waals surface area contributed by atoms with Gasteiger partial charge in [-0.2, -0.15) is 4.98 Å². The van der Waals surface area contributed by atoms with Crippen molar-refractivity contribution in [2.24, 2.45) is 0 Å². The third-order valence-corrected chi connectivity index (χ3v) is 2.52. The van der Waals surface area contributed by atoms with Gasteiger partial charge in [-0.3, -0.25) is 4.90 Å². The number of aliphatic hydroxyl groups is 2. The maximum Gasteiger partial charge on any atom is 0.240 e. The molecule has 1 fully saturated rings. The first-order valence-electron chi connectivity index (χ1n) is 5.09. The van der Waals surface area contributed by atoms with Gasteiger partial charge in [-0.05, 0) is 0 Å². The van der Waals surface area contributed by atoms with Gasteiger partial charge in [-0.25, -0.2) is 0 Å². The first-order chi connectivity index (χ1) is 7.19. The van der Waals surface area contributed by atoms with E-state index in [1.807, 2.05) is 11.8 Å². The van der Waals surface area contributed by atoms with Gasteiger partial charge in [0, 0.05) is 19.5 Å². The van der Waals surface area contributed by atoms with Gasteiger partial charge in [0.05, 0.1) is 18.8 Å². The van der Waals surface area contributed by atoms with E-state index < -0.39 is 12.2 Å². The number of nitrogens with zero attached hydrogens (tertiary/aromatic N) is 3. The second-order valence-electron chi connectivity index (χ2n) is 3.79. The van der Waals surface area contributed by atoms with E-state index in [1.165, 1.54) is 0 Å². The molecule has 2 N–H and O–H groups in total. The van der Waals surface area contributed by atoms with Crippen LogP contribution in [0.1, 0.15) is 18.6 Å². The van der Waals surface area contributed by atoms with Gasteiger partial charge in [0.25, 0.3) is 0 Å². The van der Waals surface area contributed by atoms with Crippen LogP contribution in [0.4, 0.5) is 0 Å². The lowest BCUT2D eigenvalue weighted by atomic mass is 10.3. The minimum absolute atomic E-state index is 0.449. The molecule has 0 aromatic carbocycles. The van der Waals surface area contributed by atoms with Crippen molar-refractivity contribution in [1.82, 2.24) is 15.0 Å². The van der Waals surface area contributed by atoms with Crippen molar-refractivity contribution < 1.29 is 14.7 Å². The van der Waals surface area contributed by atoms with Gasteiger partial charge in [-0.15, -0.1) is 0 Å². The summed E-state index contributed by atoms with van der Waals surface area (Å²) in [4.78, 5) is 6.05. The monoisotopic (exact) mass is 213 g/mol. The Kier molecular flexibility index (Phi) is 2.99. The van der Waals surface area contributed by atoms with Gasteiger partial charge in [0.15, 0.2) is 5.82 Å². The van der Waals surface area contributed by atoms with E-state index in [9.17, 15) is 10.2 Å². The van der Waals surface area contributed by atoms with Crippen LogP contribution >= 0.6 is 0 Å². The van der Waals surface area contributed by atoms with Gasteiger partial charge in [-0.1, -0.05) is 12.1 Å². The Morgan fingerprint density at radius 2 is 2.07 bits per heavy atom. The molecule has 1 aliphatic rings. The second kappa shape index (κ2) is 4.26. The number of aliphatic hydroxyl groups excluding tert-OH is 2. The molecule has 1 aliphatic heterocycles. The van der Waals surface area contributed by atoms with Crippen LogP contribution in [0.3, 0.4) is 0 Å². The molecule has 0 amide bonds. The molecule has 1 aromatic rings. The molecule has 2 unspecified atom stereocenters. The van der Waals surface area contributed by atoms with Crippen LogP contribution in [0, 0.1) is 0 Å². The van der Waals surface area contributed by atoms with E-state index in [1.54, 1.807) is 0 Å². The van der Waals surface area contributed by atoms with Crippen molar-refractivity contribution in [2.75, 3.05) is 13.1 Å². The van der Waals surface area contributed by atoms with Crippen LogP contribution in [0.15, 0.2) is 4.52 Å². The van der Waals surface area contributed by atoms with Crippen LogP contribution in [0.2, 0.25) is 0 Å². The van der Waals surface area contributed by atoms with Crippen molar-refractivity contribution in [3.8, 4) is 0 Å². The zero-order valence-electron chi connectivity index (χ0n) is 8.63. The summed E-state index contributed by atoms with van der Waals surface area (Å²) in [5, 5.41) is 22.5. The third-order valence-electron chi connectivity index (χ3n) is 2.52. The van der Waals surface area contributed by atoms with Crippen molar-refractivity contribution in [1.29, 1.82) is 0 Å². The molecular weight excluding hydrogens is 198 g/mol. The Morgan fingerprint density at radius 1 is 1.40 bits per heavy atom. The molecule has 6 nitrogen and oxygen atoms in total. The molecule has 84 valence electrons. The summed E-state index contributed by atoms with van der Waals surface area (Å²) < 4.78 is 5.02. The first-order valence-corrected chi connectivity index (χ1v) is 5.09. The molecule has 6 heteroatoms. The lowest BCUT2D eigenvalue weighted by Crippen LogP contribution is -2.22. The maximum atomic E-state index is 9.34. The SMILES string of the molecule is CCc1noc(CN2CC(O)C(O)C2)n1. The molecule has 2 atom stereocenters. The molecule has 0 radical (unpaired) electrons. The zero-order valence-corrected chi connectivity index (χ0v) is 8.63. The molecule has 0 saturated carbocycles. The molecule has 15 heavy (non-hydrogen) atoms. The summed E-state index contributed by atoms with van der Waals surface area (Å²) in [6.07, 6.45) is -0.591. The molecule has 0 spiro atoms. The average Bonchev–Trinajstić information content (AvgIpc) is 2.76. The first kappa shape index (κ1) is 10.5. The van der Waals surface area contributed by atoms with E-state index in [0.717, 1.165) is 6.42 Å². The zero-order chi connectivity index (χ0) is 10.8. The lowest BCUT2D eigenvalue weighted by molar-refractivity contribution is 0.0572. The second-order valence-corrected chi connectivity index (χ2v) is 3.79. The summed E-state index contributed by atoms with van der Waals surface area (Å²) in [5.74, 6) is 1.22. The predicted molar refractivity (Wildman–Crippen MR) is 51.0 cm³/mol. The standard InChI is InChI=1S/C9H15N3O3/c1-2-8-10-9(15-11-8)5-12-3-6(13)7(14)4-12/h6-7,13-14H,2-5H2,1H3. The van der Waals surface area contributed by atoms with Crippen molar-refractivity contribution in [3.63, 3.8) is 0 Å². The summed E-state index contributed by atoms with van der Waals surface area (Å²) in [7, 11) is 0. The van der Waals surface area contributed by atoms with Crippen LogP contribution in [-0.4, -0.2) is 50.6 Å². The molecule has 2 heterocycles. The van der Waals surface area contributed by atoms with E-state index >= 15 is 0 Å². The van der Waals surface area contributed by atoms with Crippen molar-refractivity contribution in [3.05, 3.63) is 11.7 Å². The van der Waals surface area contributed by atoms with Crippen LogP contribution in [0.5, 0.6) is 0 Å². The Bertz CT molecular complexity index is 318. The molecule has 1 aromatic heterocycles. The highest BCUT2D eigenvalue weighted by Gasteiger charge is 2.30. The lowest BCUT2D eigenvalue weighted by Gasteiger charge is -2.10. The molecule has 0 aliphatic carbocycles. The highest BCUT2D eigenvalue weighted by molar-refractivity contribution is 4.89. The number of hydrogen-bond donors (Lipinski definition) is 2. The molecule has 2 rings (SSSR count). The van der Waals surface area contributed by atoms with Crippen molar-refractivity contribution >= 4 is 0 Å². The quantitative estimate of drug-likeness (QED) is 0.682. The fraction of sp³-hybridized carbons (Fsp3) is 0.778. The van der Waals surface area contributed by atoms with Gasteiger partial charge in [0.2, 0.25) is 5.89 Å². The van der Waals surface area contributed by atoms with E-state index in [-0.39, 0.29) is 0 Å². The van der Waals surface area contributed by atoms with Gasteiger partial charge >= 0.3 is 0 Å². The fourth-order valence-electron chi connectivity index (χ4n) is 1.67. The number of β-amino-alcohol motifs (C(OH)–C–C–N with tert-alkyl or cyclic N) is 2. The topological polar surface area (TPSA) is 82.6 Å². The predicted octanol–water partition coefficient (Wildman–Crippen LogP) is -0.831. The summed E-state index contributed by atoms with van der Waals surface area (Å²) >= 11 is 0. The highest BCUT2D eigenvalue weighted by Crippen LogP contribution is 2.13. The average molecular weight is 213 g/mol. The van der Waals surface area contributed by atoms with Gasteiger partial charge in [0.1, 0.15) is 0 Å². The number of rotatable bonds is 3. The smallest absolute Gasteiger partial charge is 0.240 e. The van der Waals surface area contributed by atoms with Crippen LogP contribution in [0.25, 0.3) is 0 Å². The normalized spacial score (nSPS) is 27.4. The maximum absolute atomic E-state index is 9.34. The summed E-state index contributed by atoms with van der Waals surface area (Å²) in [6.45, 7) is 3.34. The van der Waals surface area contributed by atoms with Gasteiger partial charge < -0.3 is 14.7 Å². The Morgan fingerprint density at radius 3 is 2.60 bits per heavy atom. The fourth-order valence-corrected chi connectivity index (χ4v) is 1.67. The Hall–Kier alpha value is -0.980. The van der Waals surface area contributed by atoms with E-state index in [2.05, 4.69) is 10.1 Å². The third kappa shape index (κ3) is 2.34. The molecule has 0 bridgehead atoms. The number of aromatic nitrogens is 2. The summed E-state index contributed by atoms with van der Waals surface area (Å²) in [5.41, 5.74) is 0. The Balaban J connectivity index is 1.92. The molecule has 1 saturated heterocycles. The van der Waals surface area contributed by atoms with Crippen LogP contribution < -0.4 is 0 Å². The minimum atomic E-state index is -0.668. The number of aryl methyl sites for hydroxylation is 1. The number of hydrogen-bond acceptors (Lipinski definition) is 6.